The number of aryl methyl sites for hydroxylation is 1. The second-order valence-corrected chi connectivity index (χ2v) is 4.67. The first kappa shape index (κ1) is 15.5. The minimum Gasteiger partial charge on any atom is -0.469 e. The minimum atomic E-state index is -0.671. The molecule has 0 aliphatic heterocycles. The van der Waals surface area contributed by atoms with E-state index in [2.05, 4.69) is 9.72 Å². The number of carbonyl (C=O) groups excluding carboxylic acids is 1. The third-order valence-corrected chi connectivity index (χ3v) is 3.20. The predicted octanol–water partition coefficient (Wildman–Crippen LogP) is 2.31. The number of carbonyl (C=O) groups is 1. The van der Waals surface area contributed by atoms with Gasteiger partial charge in [-0.25, -0.2) is 9.78 Å². The van der Waals surface area contributed by atoms with Crippen molar-refractivity contribution in [2.75, 3.05) is 19.1 Å². The summed E-state index contributed by atoms with van der Waals surface area (Å²) in [6, 6.07) is 2.95. The monoisotopic (exact) mass is 305 g/mol. The molecule has 0 saturated heterocycles. The molecule has 0 radical (unpaired) electrons. The largest absolute Gasteiger partial charge is 0.469 e. The molecule has 116 valence electrons. The standard InChI is InChI=1S/C14H15N3O5/c1-9-10(4-5-22-9)8-16(2)13-12(17(19)20)6-11(7-15-13)14(18)21-3/h4-7H,8H2,1-3H3. The Morgan fingerprint density at radius 3 is 2.82 bits per heavy atom. The Morgan fingerprint density at radius 1 is 1.55 bits per heavy atom. The van der Waals surface area contributed by atoms with E-state index < -0.39 is 10.9 Å². The first-order chi connectivity index (χ1) is 10.4. The third-order valence-electron chi connectivity index (χ3n) is 3.20. The number of furan rings is 1. The second kappa shape index (κ2) is 6.25. The fourth-order valence-electron chi connectivity index (χ4n) is 2.01. The van der Waals surface area contributed by atoms with Crippen molar-refractivity contribution in [2.45, 2.75) is 13.5 Å². The van der Waals surface area contributed by atoms with E-state index in [1.165, 1.54) is 13.3 Å². The molecule has 0 spiro atoms. The van der Waals surface area contributed by atoms with Crippen molar-refractivity contribution in [1.82, 2.24) is 4.98 Å². The van der Waals surface area contributed by atoms with Crippen LogP contribution in [0.1, 0.15) is 21.7 Å². The number of esters is 1. The van der Waals surface area contributed by atoms with Gasteiger partial charge in [0.1, 0.15) is 5.76 Å². The van der Waals surface area contributed by atoms with Crippen LogP contribution in [0.4, 0.5) is 11.5 Å². The average molecular weight is 305 g/mol. The highest BCUT2D eigenvalue weighted by Crippen LogP contribution is 2.27. The molecule has 0 aliphatic carbocycles. The number of pyridine rings is 1. The quantitative estimate of drug-likeness (QED) is 0.475. The molecule has 0 fully saturated rings. The van der Waals surface area contributed by atoms with Gasteiger partial charge in [-0.2, -0.15) is 0 Å². The van der Waals surface area contributed by atoms with E-state index >= 15 is 0 Å². The Balaban J connectivity index is 2.35. The van der Waals surface area contributed by atoms with E-state index in [0.717, 1.165) is 17.4 Å². The van der Waals surface area contributed by atoms with E-state index in [4.69, 9.17) is 4.42 Å². The lowest BCUT2D eigenvalue weighted by molar-refractivity contribution is -0.384. The molecule has 8 heteroatoms. The maximum Gasteiger partial charge on any atom is 0.339 e. The van der Waals surface area contributed by atoms with Crippen LogP contribution in [-0.4, -0.2) is 30.0 Å². The van der Waals surface area contributed by atoms with Gasteiger partial charge >= 0.3 is 11.7 Å². The normalized spacial score (nSPS) is 10.3. The molecular weight excluding hydrogens is 290 g/mol. The van der Waals surface area contributed by atoms with Crippen molar-refractivity contribution >= 4 is 17.5 Å². The van der Waals surface area contributed by atoms with Gasteiger partial charge in [-0.3, -0.25) is 10.1 Å². The van der Waals surface area contributed by atoms with Gasteiger partial charge < -0.3 is 14.1 Å². The van der Waals surface area contributed by atoms with Crippen LogP contribution in [0.25, 0.3) is 0 Å². The Bertz CT molecular complexity index is 710. The summed E-state index contributed by atoms with van der Waals surface area (Å²) in [5.74, 6) is 0.231. The zero-order chi connectivity index (χ0) is 16.3. The van der Waals surface area contributed by atoms with Crippen molar-refractivity contribution in [3.8, 4) is 0 Å². The van der Waals surface area contributed by atoms with Gasteiger partial charge in [0.2, 0.25) is 5.82 Å². The number of anilines is 1. The van der Waals surface area contributed by atoms with Crippen LogP contribution in [-0.2, 0) is 11.3 Å². The van der Waals surface area contributed by atoms with Gasteiger partial charge in [-0.1, -0.05) is 0 Å². The maximum absolute atomic E-state index is 11.5. The Kier molecular flexibility index (Phi) is 4.40. The molecule has 0 aromatic carbocycles. The fourth-order valence-corrected chi connectivity index (χ4v) is 2.01. The van der Waals surface area contributed by atoms with Crippen LogP contribution in [0, 0.1) is 17.0 Å². The Morgan fingerprint density at radius 2 is 2.27 bits per heavy atom. The molecule has 0 bridgehead atoms. The third kappa shape index (κ3) is 3.05. The molecule has 2 heterocycles. The van der Waals surface area contributed by atoms with Crippen LogP contribution >= 0.6 is 0 Å². The van der Waals surface area contributed by atoms with E-state index in [1.54, 1.807) is 24.3 Å². The minimum absolute atomic E-state index is 0.0332. The number of nitro groups is 1. The number of ether oxygens (including phenoxy) is 1. The number of hydrogen-bond acceptors (Lipinski definition) is 7. The van der Waals surface area contributed by atoms with Crippen molar-refractivity contribution in [3.05, 3.63) is 51.6 Å². The lowest BCUT2D eigenvalue weighted by atomic mass is 10.2. The maximum atomic E-state index is 11.5. The topological polar surface area (TPSA) is 98.7 Å². The summed E-state index contributed by atoms with van der Waals surface area (Å²) in [4.78, 5) is 27.8. The molecule has 0 saturated carbocycles. The summed E-state index contributed by atoms with van der Waals surface area (Å²) in [6.07, 6.45) is 2.81. The zero-order valence-electron chi connectivity index (χ0n) is 12.4. The fraction of sp³-hybridized carbons (Fsp3) is 0.286. The Hall–Kier alpha value is -2.90. The summed E-state index contributed by atoms with van der Waals surface area (Å²) >= 11 is 0. The van der Waals surface area contributed by atoms with Crippen molar-refractivity contribution in [3.63, 3.8) is 0 Å². The molecule has 22 heavy (non-hydrogen) atoms. The highest BCUT2D eigenvalue weighted by molar-refractivity contribution is 5.90. The molecular formula is C14H15N3O5. The van der Waals surface area contributed by atoms with Gasteiger partial charge in [0, 0.05) is 31.4 Å². The van der Waals surface area contributed by atoms with E-state index in [1.807, 2.05) is 6.92 Å². The number of rotatable bonds is 5. The molecule has 0 N–H and O–H groups in total. The molecule has 0 aliphatic rings. The number of aromatic nitrogens is 1. The average Bonchev–Trinajstić information content (AvgIpc) is 2.90. The van der Waals surface area contributed by atoms with Crippen molar-refractivity contribution < 1.29 is 18.9 Å². The number of methoxy groups -OCH3 is 1. The van der Waals surface area contributed by atoms with Gasteiger partial charge in [-0.05, 0) is 13.0 Å². The highest BCUT2D eigenvalue weighted by atomic mass is 16.6. The molecule has 0 amide bonds. The first-order valence-corrected chi connectivity index (χ1v) is 6.41. The van der Waals surface area contributed by atoms with Crippen LogP contribution in [0.3, 0.4) is 0 Å². The van der Waals surface area contributed by atoms with Crippen molar-refractivity contribution in [2.24, 2.45) is 0 Å². The van der Waals surface area contributed by atoms with E-state index in [9.17, 15) is 14.9 Å². The van der Waals surface area contributed by atoms with Crippen LogP contribution < -0.4 is 4.90 Å². The second-order valence-electron chi connectivity index (χ2n) is 4.67. The molecule has 2 rings (SSSR count). The Labute approximate surface area is 126 Å². The lowest BCUT2D eigenvalue weighted by Crippen LogP contribution is -2.19. The number of nitrogens with zero attached hydrogens (tertiary/aromatic N) is 3. The van der Waals surface area contributed by atoms with Gasteiger partial charge in [0.25, 0.3) is 0 Å². The SMILES string of the molecule is COC(=O)c1cnc(N(C)Cc2ccoc2C)c([N+](=O)[O-])c1. The van der Waals surface area contributed by atoms with E-state index in [-0.39, 0.29) is 17.1 Å². The van der Waals surface area contributed by atoms with Gasteiger partial charge in [0.15, 0.2) is 0 Å². The molecule has 0 atom stereocenters. The molecule has 2 aromatic heterocycles. The summed E-state index contributed by atoms with van der Waals surface area (Å²) < 4.78 is 9.75. The zero-order valence-corrected chi connectivity index (χ0v) is 12.4. The smallest absolute Gasteiger partial charge is 0.339 e. The van der Waals surface area contributed by atoms with Gasteiger partial charge in [0.05, 0.1) is 23.9 Å². The number of hydrogen-bond donors (Lipinski definition) is 0. The van der Waals surface area contributed by atoms with Gasteiger partial charge in [-0.15, -0.1) is 0 Å². The first-order valence-electron chi connectivity index (χ1n) is 6.41. The lowest BCUT2D eigenvalue weighted by Gasteiger charge is -2.17. The van der Waals surface area contributed by atoms with E-state index in [0.29, 0.717) is 6.54 Å². The molecule has 8 nitrogen and oxygen atoms in total. The summed E-state index contributed by atoms with van der Waals surface area (Å²) in [5.41, 5.74) is 0.674. The molecule has 2 aromatic rings. The molecule has 0 unspecified atom stereocenters. The summed E-state index contributed by atoms with van der Waals surface area (Å²) in [6.45, 7) is 2.21. The van der Waals surface area contributed by atoms with Crippen molar-refractivity contribution in [1.29, 1.82) is 0 Å². The predicted molar refractivity (Wildman–Crippen MR) is 77.8 cm³/mol. The summed E-state index contributed by atoms with van der Waals surface area (Å²) in [7, 11) is 2.88. The van der Waals surface area contributed by atoms with Crippen LogP contribution in [0.5, 0.6) is 0 Å². The van der Waals surface area contributed by atoms with Crippen LogP contribution in [0.2, 0.25) is 0 Å². The summed E-state index contributed by atoms with van der Waals surface area (Å²) in [5, 5.41) is 11.2. The highest BCUT2D eigenvalue weighted by Gasteiger charge is 2.22. The van der Waals surface area contributed by atoms with Crippen LogP contribution in [0.15, 0.2) is 29.0 Å².